The van der Waals surface area contributed by atoms with Gasteiger partial charge in [0.15, 0.2) is 0 Å². The molecule has 1 rings (SSSR count). The van der Waals surface area contributed by atoms with Crippen molar-refractivity contribution >= 4 is 5.69 Å². The van der Waals surface area contributed by atoms with Crippen molar-refractivity contribution in [1.82, 2.24) is 0 Å². The number of rotatable bonds is 10. The lowest BCUT2D eigenvalue weighted by Crippen LogP contribution is -2.25. The summed E-state index contributed by atoms with van der Waals surface area (Å²) in [5, 5.41) is 13.0. The minimum Gasteiger partial charge on any atom is -0.495 e. The molecule has 1 atom stereocenters. The van der Waals surface area contributed by atoms with E-state index in [1.807, 2.05) is 24.3 Å². The summed E-state index contributed by atoms with van der Waals surface area (Å²) in [5.74, 6) is 1.48. The SMILES string of the molecule is COc1ccccc1NCC(O)COCCCC(C)C. The van der Waals surface area contributed by atoms with Crippen molar-refractivity contribution in [3.8, 4) is 5.75 Å². The number of benzene rings is 1. The van der Waals surface area contributed by atoms with Crippen LogP contribution in [-0.2, 0) is 4.74 Å². The van der Waals surface area contributed by atoms with Crippen LogP contribution < -0.4 is 10.1 Å². The Morgan fingerprint density at radius 2 is 2.00 bits per heavy atom. The summed E-state index contributed by atoms with van der Waals surface area (Å²) >= 11 is 0. The van der Waals surface area contributed by atoms with E-state index in [1.165, 1.54) is 0 Å². The summed E-state index contributed by atoms with van der Waals surface area (Å²) in [7, 11) is 1.63. The molecule has 0 aliphatic rings. The van der Waals surface area contributed by atoms with Crippen LogP contribution in [-0.4, -0.2) is 38.1 Å². The number of nitrogens with one attached hydrogen (secondary N) is 1. The summed E-state index contributed by atoms with van der Waals surface area (Å²) in [4.78, 5) is 0. The van der Waals surface area contributed by atoms with Crippen LogP contribution >= 0.6 is 0 Å². The Balaban J connectivity index is 2.18. The maximum Gasteiger partial charge on any atom is 0.141 e. The normalized spacial score (nSPS) is 12.4. The highest BCUT2D eigenvalue weighted by molar-refractivity contribution is 5.56. The highest BCUT2D eigenvalue weighted by Crippen LogP contribution is 2.22. The van der Waals surface area contributed by atoms with Crippen molar-refractivity contribution < 1.29 is 14.6 Å². The van der Waals surface area contributed by atoms with E-state index < -0.39 is 6.10 Å². The van der Waals surface area contributed by atoms with Gasteiger partial charge in [0, 0.05) is 13.2 Å². The third-order valence-electron chi connectivity index (χ3n) is 3.02. The van der Waals surface area contributed by atoms with Crippen molar-refractivity contribution in [2.45, 2.75) is 32.8 Å². The van der Waals surface area contributed by atoms with Gasteiger partial charge in [0.25, 0.3) is 0 Å². The van der Waals surface area contributed by atoms with Gasteiger partial charge < -0.3 is 19.9 Å². The Kier molecular flexibility index (Phi) is 8.07. The molecule has 20 heavy (non-hydrogen) atoms. The number of para-hydroxylation sites is 2. The summed E-state index contributed by atoms with van der Waals surface area (Å²) in [6, 6.07) is 7.66. The van der Waals surface area contributed by atoms with E-state index >= 15 is 0 Å². The zero-order valence-corrected chi connectivity index (χ0v) is 12.8. The average Bonchev–Trinajstić information content (AvgIpc) is 2.44. The van der Waals surface area contributed by atoms with Crippen molar-refractivity contribution in [2.75, 3.05) is 32.2 Å². The number of hydrogen-bond acceptors (Lipinski definition) is 4. The summed E-state index contributed by atoms with van der Waals surface area (Å²) in [5.41, 5.74) is 0.883. The van der Waals surface area contributed by atoms with E-state index in [9.17, 15) is 5.11 Å². The molecule has 0 saturated heterocycles. The first-order valence-electron chi connectivity index (χ1n) is 7.26. The van der Waals surface area contributed by atoms with E-state index in [0.29, 0.717) is 25.7 Å². The van der Waals surface area contributed by atoms with Gasteiger partial charge >= 0.3 is 0 Å². The highest BCUT2D eigenvalue weighted by atomic mass is 16.5. The van der Waals surface area contributed by atoms with Crippen LogP contribution in [0.1, 0.15) is 26.7 Å². The lowest BCUT2D eigenvalue weighted by atomic mass is 10.1. The van der Waals surface area contributed by atoms with Gasteiger partial charge in [-0.05, 0) is 30.9 Å². The molecule has 1 unspecified atom stereocenters. The molecular weight excluding hydrogens is 254 g/mol. The van der Waals surface area contributed by atoms with E-state index in [0.717, 1.165) is 24.3 Å². The zero-order chi connectivity index (χ0) is 14.8. The van der Waals surface area contributed by atoms with Gasteiger partial charge in [-0.2, -0.15) is 0 Å². The van der Waals surface area contributed by atoms with Crippen molar-refractivity contribution in [1.29, 1.82) is 0 Å². The third kappa shape index (κ3) is 6.78. The van der Waals surface area contributed by atoms with E-state index in [2.05, 4.69) is 19.2 Å². The average molecular weight is 281 g/mol. The fourth-order valence-corrected chi connectivity index (χ4v) is 1.89. The number of ether oxygens (including phenoxy) is 2. The largest absolute Gasteiger partial charge is 0.495 e. The zero-order valence-electron chi connectivity index (χ0n) is 12.8. The van der Waals surface area contributed by atoms with Gasteiger partial charge in [-0.1, -0.05) is 26.0 Å². The van der Waals surface area contributed by atoms with Crippen LogP contribution in [0.3, 0.4) is 0 Å². The number of anilines is 1. The van der Waals surface area contributed by atoms with Gasteiger partial charge in [0.2, 0.25) is 0 Å². The number of aliphatic hydroxyl groups is 1. The molecule has 0 aromatic heterocycles. The molecular formula is C16H27NO3. The molecule has 0 spiro atoms. The molecule has 0 amide bonds. The Morgan fingerprint density at radius 1 is 1.25 bits per heavy atom. The summed E-state index contributed by atoms with van der Waals surface area (Å²) < 4.78 is 10.7. The maximum atomic E-state index is 9.85. The molecule has 4 heteroatoms. The quantitative estimate of drug-likeness (QED) is 0.647. The molecule has 0 heterocycles. The molecule has 0 fully saturated rings. The van der Waals surface area contributed by atoms with Crippen molar-refractivity contribution in [3.63, 3.8) is 0 Å². The fourth-order valence-electron chi connectivity index (χ4n) is 1.89. The molecule has 1 aromatic rings. The minimum absolute atomic E-state index is 0.361. The summed E-state index contributed by atoms with van der Waals surface area (Å²) in [6.07, 6.45) is 1.69. The first-order valence-corrected chi connectivity index (χ1v) is 7.26. The van der Waals surface area contributed by atoms with E-state index in [1.54, 1.807) is 7.11 Å². The van der Waals surface area contributed by atoms with Crippen LogP contribution in [0.4, 0.5) is 5.69 Å². The second kappa shape index (κ2) is 9.61. The Hall–Kier alpha value is -1.26. The Labute approximate surface area is 122 Å². The van der Waals surface area contributed by atoms with Gasteiger partial charge in [-0.3, -0.25) is 0 Å². The molecule has 114 valence electrons. The molecule has 0 radical (unpaired) electrons. The second-order valence-electron chi connectivity index (χ2n) is 5.35. The van der Waals surface area contributed by atoms with Crippen molar-refractivity contribution in [3.05, 3.63) is 24.3 Å². The second-order valence-corrected chi connectivity index (χ2v) is 5.35. The molecule has 0 aliphatic carbocycles. The maximum absolute atomic E-state index is 9.85. The molecule has 4 nitrogen and oxygen atoms in total. The molecule has 0 aliphatic heterocycles. The predicted molar refractivity (Wildman–Crippen MR) is 82.4 cm³/mol. The molecule has 0 saturated carbocycles. The number of hydrogen-bond donors (Lipinski definition) is 2. The lowest BCUT2D eigenvalue weighted by molar-refractivity contribution is 0.0409. The predicted octanol–water partition coefficient (Wildman–Crippen LogP) is 2.92. The smallest absolute Gasteiger partial charge is 0.141 e. The molecule has 2 N–H and O–H groups in total. The van der Waals surface area contributed by atoms with E-state index in [-0.39, 0.29) is 0 Å². The Bertz CT molecular complexity index is 368. The van der Waals surface area contributed by atoms with Crippen molar-refractivity contribution in [2.24, 2.45) is 5.92 Å². The first-order chi connectivity index (χ1) is 9.63. The standard InChI is InChI=1S/C16H27NO3/c1-13(2)7-6-10-20-12-14(18)11-17-15-8-4-5-9-16(15)19-3/h4-5,8-9,13-14,17-18H,6-7,10-12H2,1-3H3. The lowest BCUT2D eigenvalue weighted by Gasteiger charge is -2.15. The van der Waals surface area contributed by atoms with Crippen LogP contribution in [0.2, 0.25) is 0 Å². The first kappa shape index (κ1) is 16.8. The monoisotopic (exact) mass is 281 g/mol. The Morgan fingerprint density at radius 3 is 2.70 bits per heavy atom. The molecule has 1 aromatic carbocycles. The van der Waals surface area contributed by atoms with Crippen LogP contribution in [0.5, 0.6) is 5.75 Å². The molecule has 0 bridgehead atoms. The van der Waals surface area contributed by atoms with Gasteiger partial charge in [-0.25, -0.2) is 0 Å². The fraction of sp³-hybridized carbons (Fsp3) is 0.625. The third-order valence-corrected chi connectivity index (χ3v) is 3.02. The van der Waals surface area contributed by atoms with Gasteiger partial charge in [-0.15, -0.1) is 0 Å². The summed E-state index contributed by atoms with van der Waals surface area (Å²) in [6.45, 7) is 5.92. The topological polar surface area (TPSA) is 50.7 Å². The van der Waals surface area contributed by atoms with Crippen LogP contribution in [0.15, 0.2) is 24.3 Å². The van der Waals surface area contributed by atoms with Crippen LogP contribution in [0.25, 0.3) is 0 Å². The van der Waals surface area contributed by atoms with Crippen LogP contribution in [0, 0.1) is 5.92 Å². The van der Waals surface area contributed by atoms with E-state index in [4.69, 9.17) is 9.47 Å². The highest BCUT2D eigenvalue weighted by Gasteiger charge is 2.06. The van der Waals surface area contributed by atoms with Gasteiger partial charge in [0.1, 0.15) is 5.75 Å². The number of aliphatic hydroxyl groups excluding tert-OH is 1. The number of methoxy groups -OCH3 is 1. The van der Waals surface area contributed by atoms with Gasteiger partial charge in [0.05, 0.1) is 25.5 Å². The minimum atomic E-state index is -0.515.